The minimum atomic E-state index is -0.0534. The number of carbonyl (C=O) groups excluding carboxylic acids is 1. The van der Waals surface area contributed by atoms with Crippen LogP contribution in [0.2, 0.25) is 0 Å². The smallest absolute Gasteiger partial charge is 0.275 e. The number of hydrogen-bond acceptors (Lipinski definition) is 4. The van der Waals surface area contributed by atoms with Gasteiger partial charge in [0.1, 0.15) is 0 Å². The molecule has 6 rings (SSSR count). The van der Waals surface area contributed by atoms with Gasteiger partial charge >= 0.3 is 0 Å². The Morgan fingerprint density at radius 2 is 1.65 bits per heavy atom. The lowest BCUT2D eigenvalue weighted by atomic mass is 10.0. The zero-order valence-corrected chi connectivity index (χ0v) is 18.7. The average molecular weight is 449 g/mol. The first-order chi connectivity index (χ1) is 16.8. The molecule has 1 amide bonds. The van der Waals surface area contributed by atoms with Crippen LogP contribution in [0.3, 0.4) is 0 Å². The lowest BCUT2D eigenvalue weighted by Crippen LogP contribution is -2.38. The molecule has 4 heterocycles. The number of rotatable bonds is 5. The first-order valence-electron chi connectivity index (χ1n) is 11.6. The normalized spacial score (nSPS) is 15.8. The molecule has 1 aliphatic rings. The van der Waals surface area contributed by atoms with Gasteiger partial charge in [-0.25, -0.2) is 9.50 Å². The van der Waals surface area contributed by atoms with Crippen LogP contribution in [0.5, 0.6) is 0 Å². The van der Waals surface area contributed by atoms with Crippen molar-refractivity contribution in [3.05, 3.63) is 97.1 Å². The van der Waals surface area contributed by atoms with Gasteiger partial charge in [-0.2, -0.15) is 10.2 Å². The van der Waals surface area contributed by atoms with E-state index in [4.69, 9.17) is 5.10 Å². The molecule has 1 fully saturated rings. The fourth-order valence-electron chi connectivity index (χ4n) is 4.78. The molecule has 0 aliphatic carbocycles. The predicted octanol–water partition coefficient (Wildman–Crippen LogP) is 4.56. The summed E-state index contributed by atoms with van der Waals surface area (Å²) in [5.74, 6) is -0.0534. The van der Waals surface area contributed by atoms with Crippen molar-refractivity contribution in [1.29, 1.82) is 0 Å². The molecule has 7 heteroatoms. The van der Waals surface area contributed by atoms with Crippen LogP contribution in [0, 0.1) is 0 Å². The minimum absolute atomic E-state index is 0.0534. The highest BCUT2D eigenvalue weighted by Gasteiger charge is 2.33. The molecule has 0 unspecified atom stereocenters. The molecule has 2 aromatic carbocycles. The van der Waals surface area contributed by atoms with Gasteiger partial charge in [-0.15, -0.1) is 0 Å². The highest BCUT2D eigenvalue weighted by molar-refractivity contribution is 6.03. The molecule has 1 saturated heterocycles. The van der Waals surface area contributed by atoms with E-state index in [2.05, 4.69) is 22.2 Å². The standard InChI is InChI=1S/C27H24N6O/c34-27(25-24(21-11-5-2-6-12-21)26-28-15-8-17-33(26)30-25)32-16-7-13-22(32)19-31-18-14-23(29-31)20-9-3-1-4-10-20/h1-6,8-12,14-15,17-18,22H,7,13,16,19H2/t22-/m0/s1. The number of hydrogen-bond donors (Lipinski definition) is 0. The fraction of sp³-hybridized carbons (Fsp3) is 0.185. The Hall–Kier alpha value is -4.26. The summed E-state index contributed by atoms with van der Waals surface area (Å²) in [5, 5.41) is 9.42. The lowest BCUT2D eigenvalue weighted by Gasteiger charge is -2.24. The molecule has 34 heavy (non-hydrogen) atoms. The summed E-state index contributed by atoms with van der Waals surface area (Å²) >= 11 is 0. The van der Waals surface area contributed by atoms with Crippen molar-refractivity contribution in [2.45, 2.75) is 25.4 Å². The highest BCUT2D eigenvalue weighted by atomic mass is 16.2. The van der Waals surface area contributed by atoms with E-state index in [0.717, 1.165) is 35.2 Å². The third kappa shape index (κ3) is 3.65. The summed E-state index contributed by atoms with van der Waals surface area (Å²) in [6.07, 6.45) is 7.47. The van der Waals surface area contributed by atoms with E-state index >= 15 is 0 Å². The summed E-state index contributed by atoms with van der Waals surface area (Å²) in [7, 11) is 0. The molecule has 1 aliphatic heterocycles. The fourth-order valence-corrected chi connectivity index (χ4v) is 4.78. The van der Waals surface area contributed by atoms with E-state index in [9.17, 15) is 4.79 Å². The van der Waals surface area contributed by atoms with E-state index in [1.807, 2.05) is 82.6 Å². The Balaban J connectivity index is 1.31. The molecule has 0 bridgehead atoms. The Labute approximate surface area is 197 Å². The van der Waals surface area contributed by atoms with E-state index in [-0.39, 0.29) is 11.9 Å². The van der Waals surface area contributed by atoms with Crippen LogP contribution in [-0.2, 0) is 6.54 Å². The monoisotopic (exact) mass is 448 g/mol. The molecular formula is C27H24N6O. The topological polar surface area (TPSA) is 68.3 Å². The van der Waals surface area contributed by atoms with E-state index in [1.165, 1.54) is 0 Å². The number of likely N-dealkylation sites (tertiary alicyclic amines) is 1. The van der Waals surface area contributed by atoms with Crippen LogP contribution < -0.4 is 0 Å². The minimum Gasteiger partial charge on any atom is -0.332 e. The largest absolute Gasteiger partial charge is 0.332 e. The first-order valence-corrected chi connectivity index (χ1v) is 11.6. The van der Waals surface area contributed by atoms with E-state index < -0.39 is 0 Å². The molecule has 168 valence electrons. The Morgan fingerprint density at radius 1 is 0.882 bits per heavy atom. The molecule has 1 atom stereocenters. The van der Waals surface area contributed by atoms with Crippen molar-refractivity contribution in [1.82, 2.24) is 29.3 Å². The van der Waals surface area contributed by atoms with Gasteiger partial charge in [-0.05, 0) is 30.5 Å². The second kappa shape index (κ2) is 8.59. The summed E-state index contributed by atoms with van der Waals surface area (Å²) in [6.45, 7) is 1.37. The Morgan fingerprint density at radius 3 is 2.44 bits per heavy atom. The Bertz CT molecular complexity index is 1440. The van der Waals surface area contributed by atoms with Crippen LogP contribution in [0.4, 0.5) is 0 Å². The average Bonchev–Trinajstić information content (AvgIpc) is 3.63. The summed E-state index contributed by atoms with van der Waals surface area (Å²) in [5.41, 5.74) is 4.88. The van der Waals surface area contributed by atoms with Crippen LogP contribution >= 0.6 is 0 Å². The number of amides is 1. The van der Waals surface area contributed by atoms with Gasteiger partial charge in [0.2, 0.25) is 0 Å². The molecule has 3 aromatic heterocycles. The van der Waals surface area contributed by atoms with Crippen LogP contribution in [-0.4, -0.2) is 47.8 Å². The second-order valence-corrected chi connectivity index (χ2v) is 8.56. The number of benzene rings is 2. The quantitative estimate of drug-likeness (QED) is 0.395. The number of nitrogens with zero attached hydrogens (tertiary/aromatic N) is 6. The highest BCUT2D eigenvalue weighted by Crippen LogP contribution is 2.30. The van der Waals surface area contributed by atoms with Crippen molar-refractivity contribution in [3.8, 4) is 22.4 Å². The third-order valence-electron chi connectivity index (χ3n) is 6.41. The maximum Gasteiger partial charge on any atom is 0.275 e. The van der Waals surface area contributed by atoms with Crippen LogP contribution in [0.1, 0.15) is 23.3 Å². The van der Waals surface area contributed by atoms with Gasteiger partial charge in [-0.1, -0.05) is 60.7 Å². The summed E-state index contributed by atoms with van der Waals surface area (Å²) in [4.78, 5) is 20.3. The van der Waals surface area contributed by atoms with Crippen molar-refractivity contribution in [2.24, 2.45) is 0 Å². The lowest BCUT2D eigenvalue weighted by molar-refractivity contribution is 0.0716. The van der Waals surface area contributed by atoms with E-state index in [0.29, 0.717) is 24.4 Å². The van der Waals surface area contributed by atoms with Gasteiger partial charge in [0.05, 0.1) is 23.8 Å². The third-order valence-corrected chi connectivity index (χ3v) is 6.41. The number of fused-ring (bicyclic) bond motifs is 1. The maximum absolute atomic E-state index is 13.8. The molecule has 0 spiro atoms. The van der Waals surface area contributed by atoms with Crippen molar-refractivity contribution in [2.75, 3.05) is 6.54 Å². The van der Waals surface area contributed by atoms with Gasteiger partial charge in [0.15, 0.2) is 11.3 Å². The first kappa shape index (κ1) is 20.4. The SMILES string of the molecule is O=C(c1nn2cccnc2c1-c1ccccc1)N1CCC[C@H]1Cn1ccc(-c2ccccc2)n1. The zero-order chi connectivity index (χ0) is 22.9. The predicted molar refractivity (Wildman–Crippen MR) is 130 cm³/mol. The molecule has 0 saturated carbocycles. The molecule has 0 N–H and O–H groups in total. The van der Waals surface area contributed by atoms with Gasteiger partial charge in [-0.3, -0.25) is 9.48 Å². The molecule has 7 nitrogen and oxygen atoms in total. The number of aromatic nitrogens is 5. The summed E-state index contributed by atoms with van der Waals surface area (Å²) in [6, 6.07) is 24.0. The molecule has 5 aromatic rings. The van der Waals surface area contributed by atoms with E-state index in [1.54, 1.807) is 10.7 Å². The Kier molecular flexibility index (Phi) is 5.14. The van der Waals surface area contributed by atoms with Crippen LogP contribution in [0.25, 0.3) is 28.0 Å². The van der Waals surface area contributed by atoms with Crippen molar-refractivity contribution in [3.63, 3.8) is 0 Å². The maximum atomic E-state index is 13.8. The summed E-state index contributed by atoms with van der Waals surface area (Å²) < 4.78 is 3.64. The van der Waals surface area contributed by atoms with Crippen LogP contribution in [0.15, 0.2) is 91.4 Å². The van der Waals surface area contributed by atoms with Gasteiger partial charge < -0.3 is 4.90 Å². The van der Waals surface area contributed by atoms with Gasteiger partial charge in [0, 0.05) is 30.7 Å². The van der Waals surface area contributed by atoms with Gasteiger partial charge in [0.25, 0.3) is 5.91 Å². The number of carbonyl (C=O) groups is 1. The molecule has 0 radical (unpaired) electrons. The van der Waals surface area contributed by atoms with Crippen molar-refractivity contribution < 1.29 is 4.79 Å². The van der Waals surface area contributed by atoms with Crippen molar-refractivity contribution >= 4 is 11.6 Å². The second-order valence-electron chi connectivity index (χ2n) is 8.56. The zero-order valence-electron chi connectivity index (χ0n) is 18.7. The molecular weight excluding hydrogens is 424 g/mol.